The maximum Gasteiger partial charge on any atom is 0.279 e. The first kappa shape index (κ1) is 24.1. The molecule has 0 fully saturated rings. The number of hydrogen-bond acceptors (Lipinski definition) is 8. The van der Waals surface area contributed by atoms with Crippen molar-refractivity contribution in [2.24, 2.45) is 0 Å². The third kappa shape index (κ3) is 6.10. The first-order chi connectivity index (χ1) is 16.9. The lowest BCUT2D eigenvalue weighted by molar-refractivity contribution is -0.384. The van der Waals surface area contributed by atoms with Crippen LogP contribution in [-0.4, -0.2) is 40.1 Å². The maximum atomic E-state index is 12.5. The molecule has 35 heavy (non-hydrogen) atoms. The fraction of sp³-hybridized carbons (Fsp3) is 0.320. The summed E-state index contributed by atoms with van der Waals surface area (Å²) >= 11 is 0. The van der Waals surface area contributed by atoms with Crippen molar-refractivity contribution in [3.63, 3.8) is 0 Å². The molecule has 0 aliphatic carbocycles. The summed E-state index contributed by atoms with van der Waals surface area (Å²) in [6.07, 6.45) is 2.99. The van der Waals surface area contributed by atoms with E-state index in [1.165, 1.54) is 18.3 Å². The molecule has 6 bridgehead atoms. The molecule has 0 saturated heterocycles. The van der Waals surface area contributed by atoms with E-state index in [1.807, 2.05) is 32.0 Å². The van der Waals surface area contributed by atoms with Crippen LogP contribution in [0.4, 0.5) is 17.3 Å². The maximum absolute atomic E-state index is 12.5. The highest BCUT2D eigenvalue weighted by atomic mass is 16.6. The van der Waals surface area contributed by atoms with Crippen molar-refractivity contribution in [2.75, 3.05) is 18.5 Å². The van der Waals surface area contributed by atoms with E-state index in [0.29, 0.717) is 37.4 Å². The van der Waals surface area contributed by atoms with Crippen LogP contribution in [0, 0.1) is 10.1 Å². The second kappa shape index (κ2) is 10.9. The van der Waals surface area contributed by atoms with Gasteiger partial charge in [-0.05, 0) is 63.1 Å². The Balaban J connectivity index is 1.73. The van der Waals surface area contributed by atoms with Crippen LogP contribution in [0.2, 0.25) is 0 Å². The molecule has 0 spiro atoms. The summed E-state index contributed by atoms with van der Waals surface area (Å²) in [5, 5.41) is 17.8. The number of hydrogen-bond donors (Lipinski definition) is 2. The molecule has 1 aromatic heterocycles. The number of anilines is 2. The van der Waals surface area contributed by atoms with Gasteiger partial charge < -0.3 is 20.1 Å². The van der Waals surface area contributed by atoms with Crippen LogP contribution < -0.4 is 15.4 Å². The van der Waals surface area contributed by atoms with Gasteiger partial charge in [0.25, 0.3) is 11.6 Å². The molecule has 3 aromatic rings. The number of fused-ring (bicyclic) bond motifs is 9. The number of nitro groups is 1. The van der Waals surface area contributed by atoms with E-state index in [1.54, 1.807) is 12.1 Å². The van der Waals surface area contributed by atoms with Crippen molar-refractivity contribution in [3.05, 3.63) is 69.9 Å². The molecule has 3 heterocycles. The Morgan fingerprint density at radius 3 is 2.80 bits per heavy atom. The summed E-state index contributed by atoms with van der Waals surface area (Å²) in [4.78, 5) is 32.5. The Bertz CT molecular complexity index is 1230. The quantitative estimate of drug-likeness (QED) is 0.413. The number of carbonyl (C=O) groups is 1. The van der Waals surface area contributed by atoms with Gasteiger partial charge in [-0.1, -0.05) is 0 Å². The van der Waals surface area contributed by atoms with Gasteiger partial charge in [-0.2, -0.15) is 0 Å². The van der Waals surface area contributed by atoms with Crippen LogP contribution in [0.1, 0.15) is 42.6 Å². The van der Waals surface area contributed by atoms with Crippen molar-refractivity contribution >= 4 is 23.2 Å². The highest BCUT2D eigenvalue weighted by molar-refractivity contribution is 5.96. The summed E-state index contributed by atoms with van der Waals surface area (Å²) in [5.41, 5.74) is 2.28. The summed E-state index contributed by atoms with van der Waals surface area (Å²) in [5.74, 6) is 0.643. The molecule has 0 radical (unpaired) electrons. The predicted molar refractivity (Wildman–Crippen MR) is 131 cm³/mol. The van der Waals surface area contributed by atoms with Crippen LogP contribution >= 0.6 is 0 Å². The van der Waals surface area contributed by atoms with Gasteiger partial charge in [-0.25, -0.2) is 9.97 Å². The van der Waals surface area contributed by atoms with Gasteiger partial charge in [-0.15, -0.1) is 0 Å². The zero-order chi connectivity index (χ0) is 24.8. The molecule has 10 nitrogen and oxygen atoms in total. The molecule has 2 N–H and O–H groups in total. The average molecular weight is 478 g/mol. The fourth-order valence-corrected chi connectivity index (χ4v) is 3.69. The van der Waals surface area contributed by atoms with Gasteiger partial charge in [0.2, 0.25) is 5.95 Å². The molecule has 0 atom stereocenters. The zero-order valence-electron chi connectivity index (χ0n) is 19.6. The first-order valence-electron chi connectivity index (χ1n) is 11.4. The number of nitro benzene ring substituents is 1. The summed E-state index contributed by atoms with van der Waals surface area (Å²) in [6, 6.07) is 11.6. The number of benzene rings is 2. The largest absolute Gasteiger partial charge is 0.491 e. The minimum absolute atomic E-state index is 0.00713. The third-order valence-corrected chi connectivity index (χ3v) is 5.33. The fourth-order valence-electron chi connectivity index (χ4n) is 3.69. The number of rotatable bonds is 3. The Hall–Kier alpha value is -4.05. The SMILES string of the molecule is CC(C)Oc1ccc2cc1COCCCCNC(=O)c1ccc(c([N+](=O)[O-])c1)-c1ccnc(n1)N2. The molecule has 182 valence electrons. The highest BCUT2D eigenvalue weighted by Gasteiger charge is 2.20. The number of aromatic nitrogens is 2. The number of nitrogens with one attached hydrogen (secondary N) is 2. The molecule has 5 rings (SSSR count). The Morgan fingerprint density at radius 2 is 2.00 bits per heavy atom. The monoisotopic (exact) mass is 477 g/mol. The summed E-state index contributed by atoms with van der Waals surface area (Å²) in [7, 11) is 0. The van der Waals surface area contributed by atoms with Crippen molar-refractivity contribution in [3.8, 4) is 17.0 Å². The molecular formula is C25H27N5O5. The van der Waals surface area contributed by atoms with Gasteiger partial charge >= 0.3 is 0 Å². The first-order valence-corrected chi connectivity index (χ1v) is 11.4. The van der Waals surface area contributed by atoms with E-state index in [0.717, 1.165) is 23.4 Å². The summed E-state index contributed by atoms with van der Waals surface area (Å²) in [6.45, 7) is 5.24. The van der Waals surface area contributed by atoms with E-state index < -0.39 is 4.92 Å². The van der Waals surface area contributed by atoms with E-state index in [9.17, 15) is 14.9 Å². The van der Waals surface area contributed by atoms with E-state index in [2.05, 4.69) is 20.6 Å². The number of amides is 1. The number of nitrogens with zero attached hydrogens (tertiary/aromatic N) is 3. The number of ether oxygens (including phenoxy) is 2. The number of carbonyl (C=O) groups excluding carboxylic acids is 1. The molecule has 2 aliphatic heterocycles. The van der Waals surface area contributed by atoms with Crippen molar-refractivity contribution in [1.82, 2.24) is 15.3 Å². The van der Waals surface area contributed by atoms with E-state index in [4.69, 9.17) is 9.47 Å². The van der Waals surface area contributed by atoms with Crippen LogP contribution in [0.25, 0.3) is 11.3 Å². The third-order valence-electron chi connectivity index (χ3n) is 5.33. The van der Waals surface area contributed by atoms with Crippen molar-refractivity contribution < 1.29 is 19.2 Å². The Kier molecular flexibility index (Phi) is 7.51. The molecule has 10 heteroatoms. The molecule has 0 saturated carbocycles. The predicted octanol–water partition coefficient (Wildman–Crippen LogP) is 4.62. The lowest BCUT2D eigenvalue weighted by Gasteiger charge is -2.16. The van der Waals surface area contributed by atoms with Gasteiger partial charge in [0.1, 0.15) is 5.75 Å². The smallest absolute Gasteiger partial charge is 0.279 e. The standard InChI is InChI=1S/C25H27N5O5/c1-16(2)35-23-8-6-19-13-18(23)15-34-12-4-3-10-26-24(31)17-5-7-20(22(14-17)30(32)33)21-9-11-27-25(28-19)29-21/h5-9,11,13-14,16H,3-4,10,12,15H2,1-2H3,(H,26,31)(H,27,28,29). The van der Waals surface area contributed by atoms with Gasteiger partial charge in [0.05, 0.1) is 28.9 Å². The van der Waals surface area contributed by atoms with Gasteiger partial charge in [-0.3, -0.25) is 14.9 Å². The normalized spacial score (nSPS) is 14.3. The van der Waals surface area contributed by atoms with Crippen molar-refractivity contribution in [2.45, 2.75) is 39.4 Å². The minimum Gasteiger partial charge on any atom is -0.491 e. The highest BCUT2D eigenvalue weighted by Crippen LogP contribution is 2.31. The topological polar surface area (TPSA) is 129 Å². The van der Waals surface area contributed by atoms with Crippen molar-refractivity contribution in [1.29, 1.82) is 0 Å². The van der Waals surface area contributed by atoms with Crippen LogP contribution in [-0.2, 0) is 11.3 Å². The summed E-state index contributed by atoms with van der Waals surface area (Å²) < 4.78 is 11.8. The van der Waals surface area contributed by atoms with Crippen LogP contribution in [0.3, 0.4) is 0 Å². The zero-order valence-corrected chi connectivity index (χ0v) is 19.6. The molecule has 0 unspecified atom stereocenters. The lowest BCUT2D eigenvalue weighted by Crippen LogP contribution is -2.24. The van der Waals surface area contributed by atoms with E-state index >= 15 is 0 Å². The minimum atomic E-state index is -0.513. The Morgan fingerprint density at radius 1 is 1.14 bits per heavy atom. The van der Waals surface area contributed by atoms with E-state index in [-0.39, 0.29) is 29.2 Å². The Labute approximate surface area is 202 Å². The van der Waals surface area contributed by atoms with Crippen LogP contribution in [0.15, 0.2) is 48.7 Å². The average Bonchev–Trinajstić information content (AvgIpc) is 2.83. The molecule has 1 amide bonds. The van der Waals surface area contributed by atoms with Gasteiger partial charge in [0.15, 0.2) is 0 Å². The van der Waals surface area contributed by atoms with Gasteiger partial charge in [0, 0.05) is 42.2 Å². The van der Waals surface area contributed by atoms with Crippen LogP contribution in [0.5, 0.6) is 5.75 Å². The molecule has 2 aliphatic rings. The molecular weight excluding hydrogens is 450 g/mol. The second-order valence-electron chi connectivity index (χ2n) is 8.38. The lowest BCUT2D eigenvalue weighted by atomic mass is 10.1. The molecule has 2 aromatic carbocycles. The second-order valence-corrected chi connectivity index (χ2v) is 8.38.